The number of likely N-dealkylation sites (N-methyl/N-ethyl adjacent to an activating group) is 1. The van der Waals surface area contributed by atoms with Gasteiger partial charge in [-0.3, -0.25) is 4.79 Å². The number of carbonyl (C=O) groups is 1. The van der Waals surface area contributed by atoms with E-state index in [-0.39, 0.29) is 5.91 Å². The fourth-order valence-corrected chi connectivity index (χ4v) is 3.47. The minimum atomic E-state index is -0.779. The third-order valence-electron chi connectivity index (χ3n) is 4.19. The topological polar surface area (TPSA) is 72.7 Å². The number of aryl methyl sites for hydroxylation is 2. The number of benzene rings is 2. The highest BCUT2D eigenvalue weighted by atomic mass is 35.5. The Balaban J connectivity index is 2.22. The number of halogens is 2. The first kappa shape index (κ1) is 18.4. The largest absolute Gasteiger partial charge is 0.358 e. The van der Waals surface area contributed by atoms with Crippen molar-refractivity contribution < 1.29 is 4.79 Å². The summed E-state index contributed by atoms with van der Waals surface area (Å²) in [5.74, 6) is -0.666. The highest BCUT2D eigenvalue weighted by Gasteiger charge is 2.31. The number of rotatable bonds is 4. The third kappa shape index (κ3) is 3.30. The molecule has 2 aromatic carbocycles. The first-order valence-electron chi connectivity index (χ1n) is 7.95. The van der Waals surface area contributed by atoms with Crippen LogP contribution in [0.25, 0.3) is 5.69 Å². The fourth-order valence-electron chi connectivity index (χ4n) is 2.95. The predicted octanol–water partition coefficient (Wildman–Crippen LogP) is 3.46. The molecule has 0 fully saturated rings. The summed E-state index contributed by atoms with van der Waals surface area (Å²) in [6.45, 7) is 3.94. The van der Waals surface area contributed by atoms with Gasteiger partial charge in [0.1, 0.15) is 5.92 Å². The van der Waals surface area contributed by atoms with Crippen LogP contribution in [-0.4, -0.2) is 33.2 Å². The zero-order valence-corrected chi connectivity index (χ0v) is 16.0. The van der Waals surface area contributed by atoms with Gasteiger partial charge in [-0.2, -0.15) is 4.68 Å². The summed E-state index contributed by atoms with van der Waals surface area (Å²) in [7, 11) is 1.56. The molecule has 0 bridgehead atoms. The molecule has 1 amide bonds. The maximum Gasteiger partial charge on any atom is 0.235 e. The Morgan fingerprint density at radius 3 is 2.46 bits per heavy atom. The van der Waals surface area contributed by atoms with Gasteiger partial charge in [0.25, 0.3) is 0 Å². The smallest absolute Gasteiger partial charge is 0.235 e. The Morgan fingerprint density at radius 1 is 1.15 bits per heavy atom. The first-order chi connectivity index (χ1) is 12.4. The van der Waals surface area contributed by atoms with Gasteiger partial charge >= 0.3 is 0 Å². The second kappa shape index (κ2) is 7.43. The van der Waals surface area contributed by atoms with Crippen molar-refractivity contribution in [3.8, 4) is 5.69 Å². The molecule has 0 aliphatic rings. The van der Waals surface area contributed by atoms with E-state index in [9.17, 15) is 4.79 Å². The molecule has 8 heteroatoms. The van der Waals surface area contributed by atoms with Crippen LogP contribution in [-0.2, 0) is 4.79 Å². The van der Waals surface area contributed by atoms with Gasteiger partial charge in [0.05, 0.1) is 5.69 Å². The number of aromatic nitrogens is 4. The zero-order valence-electron chi connectivity index (χ0n) is 14.5. The van der Waals surface area contributed by atoms with Crippen LogP contribution in [0.3, 0.4) is 0 Å². The van der Waals surface area contributed by atoms with E-state index < -0.39 is 5.92 Å². The number of tetrazole rings is 1. The zero-order chi connectivity index (χ0) is 18.8. The van der Waals surface area contributed by atoms with E-state index >= 15 is 0 Å². The van der Waals surface area contributed by atoms with Gasteiger partial charge in [-0.15, -0.1) is 5.10 Å². The van der Waals surface area contributed by atoms with E-state index in [2.05, 4.69) is 20.8 Å². The third-order valence-corrected chi connectivity index (χ3v) is 4.75. The Morgan fingerprint density at radius 2 is 1.85 bits per heavy atom. The molecular weight excluding hydrogens is 373 g/mol. The monoisotopic (exact) mass is 389 g/mol. The summed E-state index contributed by atoms with van der Waals surface area (Å²) >= 11 is 12.4. The van der Waals surface area contributed by atoms with E-state index in [1.807, 2.05) is 32.0 Å². The Kier molecular flexibility index (Phi) is 5.25. The van der Waals surface area contributed by atoms with Gasteiger partial charge in [-0.1, -0.05) is 47.5 Å². The lowest BCUT2D eigenvalue weighted by Crippen LogP contribution is -2.29. The quantitative estimate of drug-likeness (QED) is 0.741. The van der Waals surface area contributed by atoms with E-state index in [0.717, 1.165) is 16.8 Å². The van der Waals surface area contributed by atoms with Gasteiger partial charge < -0.3 is 5.32 Å². The van der Waals surface area contributed by atoms with Crippen LogP contribution in [0.15, 0.2) is 36.4 Å². The number of carbonyl (C=O) groups excluding carboxylic acids is 1. The standard InChI is InChI=1S/C18H17Cl2N5O/c1-10-5-4-6-11(2)16(10)25-17(22-23-24-25)15(18(26)21-3)13-8-7-12(19)9-14(13)20/h4-9,15H,1-3H3,(H,21,26). The van der Waals surface area contributed by atoms with Crippen LogP contribution in [0.4, 0.5) is 0 Å². The molecule has 6 nitrogen and oxygen atoms in total. The lowest BCUT2D eigenvalue weighted by molar-refractivity contribution is -0.121. The first-order valence-corrected chi connectivity index (χ1v) is 8.71. The number of nitrogens with one attached hydrogen (secondary N) is 1. The molecule has 1 heterocycles. The molecule has 1 atom stereocenters. The predicted molar refractivity (Wildman–Crippen MR) is 101 cm³/mol. The molecule has 1 aromatic heterocycles. The average Bonchev–Trinajstić information content (AvgIpc) is 3.05. The summed E-state index contributed by atoms with van der Waals surface area (Å²) in [5.41, 5.74) is 3.41. The van der Waals surface area contributed by atoms with Gasteiger partial charge in [0.2, 0.25) is 5.91 Å². The van der Waals surface area contributed by atoms with Crippen molar-refractivity contribution >= 4 is 29.1 Å². The lowest BCUT2D eigenvalue weighted by atomic mass is 9.96. The van der Waals surface area contributed by atoms with E-state index in [1.54, 1.807) is 29.9 Å². The molecule has 3 aromatic rings. The summed E-state index contributed by atoms with van der Waals surface area (Å²) < 4.78 is 1.59. The van der Waals surface area contributed by atoms with Crippen molar-refractivity contribution in [2.24, 2.45) is 0 Å². The summed E-state index contributed by atoms with van der Waals surface area (Å²) in [4.78, 5) is 12.7. The maximum atomic E-state index is 12.7. The van der Waals surface area contributed by atoms with Gasteiger partial charge in [-0.05, 0) is 53.1 Å². The second-order valence-electron chi connectivity index (χ2n) is 5.90. The van der Waals surface area contributed by atoms with Gasteiger partial charge in [0.15, 0.2) is 5.82 Å². The molecule has 1 unspecified atom stereocenters. The molecule has 0 radical (unpaired) electrons. The Bertz CT molecular complexity index is 950. The van der Waals surface area contributed by atoms with Crippen LogP contribution >= 0.6 is 23.2 Å². The van der Waals surface area contributed by atoms with Crippen molar-refractivity contribution in [2.45, 2.75) is 19.8 Å². The van der Waals surface area contributed by atoms with Crippen LogP contribution in [0.2, 0.25) is 10.0 Å². The normalized spacial score (nSPS) is 12.0. The van der Waals surface area contributed by atoms with Crippen LogP contribution in [0.1, 0.15) is 28.4 Å². The van der Waals surface area contributed by atoms with Gasteiger partial charge in [-0.25, -0.2) is 0 Å². The lowest BCUT2D eigenvalue weighted by Gasteiger charge is -2.18. The molecule has 0 aliphatic carbocycles. The highest BCUT2D eigenvalue weighted by Crippen LogP contribution is 2.33. The summed E-state index contributed by atoms with van der Waals surface area (Å²) in [5, 5.41) is 15.6. The number of nitrogens with zero attached hydrogens (tertiary/aromatic N) is 4. The molecular formula is C18H17Cl2N5O. The molecule has 134 valence electrons. The van der Waals surface area contributed by atoms with Crippen LogP contribution < -0.4 is 5.32 Å². The van der Waals surface area contributed by atoms with Crippen molar-refractivity contribution in [3.63, 3.8) is 0 Å². The molecule has 1 N–H and O–H groups in total. The Labute approximate surface area is 161 Å². The number of amides is 1. The van der Waals surface area contributed by atoms with E-state index in [0.29, 0.717) is 21.4 Å². The van der Waals surface area contributed by atoms with Crippen LogP contribution in [0, 0.1) is 13.8 Å². The minimum Gasteiger partial charge on any atom is -0.358 e. The summed E-state index contributed by atoms with van der Waals surface area (Å²) in [6, 6.07) is 10.9. The Hall–Kier alpha value is -2.44. The van der Waals surface area contributed by atoms with Crippen molar-refractivity contribution in [1.82, 2.24) is 25.5 Å². The van der Waals surface area contributed by atoms with Crippen molar-refractivity contribution in [2.75, 3.05) is 7.05 Å². The van der Waals surface area contributed by atoms with Crippen molar-refractivity contribution in [3.05, 3.63) is 69.0 Å². The number of para-hydroxylation sites is 1. The molecule has 0 aliphatic heterocycles. The molecule has 0 spiro atoms. The van der Waals surface area contributed by atoms with Crippen LogP contribution in [0.5, 0.6) is 0 Å². The molecule has 26 heavy (non-hydrogen) atoms. The molecule has 0 saturated carbocycles. The SMILES string of the molecule is CNC(=O)C(c1ccc(Cl)cc1Cl)c1nnnn1-c1c(C)cccc1C. The van der Waals surface area contributed by atoms with Crippen molar-refractivity contribution in [1.29, 1.82) is 0 Å². The summed E-state index contributed by atoms with van der Waals surface area (Å²) in [6.07, 6.45) is 0. The number of hydrogen-bond donors (Lipinski definition) is 1. The average molecular weight is 390 g/mol. The highest BCUT2D eigenvalue weighted by molar-refractivity contribution is 6.35. The van der Waals surface area contributed by atoms with E-state index in [4.69, 9.17) is 23.2 Å². The minimum absolute atomic E-state index is 0.267. The molecule has 3 rings (SSSR count). The molecule has 0 saturated heterocycles. The maximum absolute atomic E-state index is 12.7. The van der Waals surface area contributed by atoms with E-state index in [1.165, 1.54) is 0 Å². The second-order valence-corrected chi connectivity index (χ2v) is 6.75. The van der Waals surface area contributed by atoms with Gasteiger partial charge in [0, 0.05) is 17.1 Å². The number of hydrogen-bond acceptors (Lipinski definition) is 4. The fraction of sp³-hybridized carbons (Fsp3) is 0.222.